The number of benzene rings is 2. The zero-order valence-electron chi connectivity index (χ0n) is 17.7. The van der Waals surface area contributed by atoms with Gasteiger partial charge in [-0.05, 0) is 31.2 Å². The fourth-order valence-electron chi connectivity index (χ4n) is 3.22. The minimum Gasteiger partial charge on any atom is -0.434 e. The molecule has 0 spiro atoms. The molecule has 10 heteroatoms. The van der Waals surface area contributed by atoms with Crippen molar-refractivity contribution in [1.29, 1.82) is 5.26 Å². The van der Waals surface area contributed by atoms with Crippen LogP contribution in [0.5, 0.6) is 11.6 Å². The van der Waals surface area contributed by atoms with E-state index < -0.39 is 17.4 Å². The lowest BCUT2D eigenvalue weighted by atomic mass is 10.2. The number of nitrogens with zero attached hydrogens (tertiary/aromatic N) is 3. The molecule has 0 unspecified atom stereocenters. The van der Waals surface area contributed by atoms with Crippen molar-refractivity contribution in [3.8, 4) is 17.7 Å². The number of amides is 1. The number of nitriles is 1. The number of nitrogens with one attached hydrogen (secondary N) is 3. The van der Waals surface area contributed by atoms with Gasteiger partial charge in [-0.25, -0.2) is 18.7 Å². The van der Waals surface area contributed by atoms with Crippen LogP contribution in [0.4, 0.5) is 26.0 Å². The van der Waals surface area contributed by atoms with Crippen LogP contribution in [0.2, 0.25) is 0 Å². The number of ether oxygens (including phenoxy) is 1. The van der Waals surface area contributed by atoms with Gasteiger partial charge in [0.25, 0.3) is 0 Å². The summed E-state index contributed by atoms with van der Waals surface area (Å²) < 4.78 is 34.8. The molecule has 4 aromatic rings. The standard InChI is InChI=1S/C23H18F2N6O2/c1-3-19(32)30-13-5-4-6-14(8-13)31-22-16(10-26)23(28-11-27-22)33-18-9-17(24)21-15(20(18)25)7-12(2)29-21/h4-9,11,29H,3H2,1-2H3,(H,30,32)(H,27,28,31). The van der Waals surface area contributed by atoms with E-state index in [2.05, 4.69) is 25.6 Å². The van der Waals surface area contributed by atoms with Crippen LogP contribution in [0.25, 0.3) is 10.9 Å². The molecule has 0 saturated heterocycles. The van der Waals surface area contributed by atoms with Crippen molar-refractivity contribution >= 4 is 34.0 Å². The van der Waals surface area contributed by atoms with E-state index in [0.717, 1.165) is 12.4 Å². The third-order valence-corrected chi connectivity index (χ3v) is 4.76. The molecule has 0 bridgehead atoms. The van der Waals surface area contributed by atoms with Gasteiger partial charge in [-0.15, -0.1) is 0 Å². The molecule has 1 amide bonds. The minimum atomic E-state index is -0.785. The molecule has 0 aliphatic rings. The van der Waals surface area contributed by atoms with Gasteiger partial charge in [0.15, 0.2) is 28.8 Å². The highest BCUT2D eigenvalue weighted by Crippen LogP contribution is 2.34. The molecule has 2 aromatic heterocycles. The lowest BCUT2D eigenvalue weighted by Gasteiger charge is -2.12. The van der Waals surface area contributed by atoms with Crippen LogP contribution < -0.4 is 15.4 Å². The lowest BCUT2D eigenvalue weighted by Crippen LogP contribution is -2.09. The SMILES string of the molecule is CCC(=O)Nc1cccc(Nc2ncnc(Oc3cc(F)c4[nH]c(C)cc4c3F)c2C#N)c1. The Morgan fingerprint density at radius 2 is 2.00 bits per heavy atom. The number of rotatable bonds is 6. The van der Waals surface area contributed by atoms with Gasteiger partial charge in [-0.2, -0.15) is 5.26 Å². The second-order valence-electron chi connectivity index (χ2n) is 7.14. The number of fused-ring (bicyclic) bond motifs is 1. The quantitative estimate of drug-likeness (QED) is 0.369. The van der Waals surface area contributed by atoms with E-state index in [0.29, 0.717) is 23.5 Å². The zero-order chi connectivity index (χ0) is 23.5. The van der Waals surface area contributed by atoms with Gasteiger partial charge in [-0.1, -0.05) is 13.0 Å². The van der Waals surface area contributed by atoms with Crippen LogP contribution in [-0.4, -0.2) is 20.9 Å². The summed E-state index contributed by atoms with van der Waals surface area (Å²) in [4.78, 5) is 22.4. The Morgan fingerprint density at radius 1 is 1.21 bits per heavy atom. The van der Waals surface area contributed by atoms with Gasteiger partial charge >= 0.3 is 0 Å². The molecule has 0 atom stereocenters. The molecular weight excluding hydrogens is 430 g/mol. The summed E-state index contributed by atoms with van der Waals surface area (Å²) in [5.41, 5.74) is 1.60. The third kappa shape index (κ3) is 4.43. The first kappa shape index (κ1) is 21.7. The first-order valence-electron chi connectivity index (χ1n) is 9.96. The van der Waals surface area contributed by atoms with Crippen molar-refractivity contribution in [3.05, 3.63) is 65.6 Å². The van der Waals surface area contributed by atoms with E-state index in [1.807, 2.05) is 6.07 Å². The summed E-state index contributed by atoms with van der Waals surface area (Å²) in [6.07, 6.45) is 1.46. The zero-order valence-corrected chi connectivity index (χ0v) is 17.7. The fraction of sp³-hybridized carbons (Fsp3) is 0.130. The number of H-pyrrole nitrogens is 1. The average Bonchev–Trinajstić information content (AvgIpc) is 3.20. The molecule has 0 radical (unpaired) electrons. The lowest BCUT2D eigenvalue weighted by molar-refractivity contribution is -0.115. The van der Waals surface area contributed by atoms with Crippen molar-refractivity contribution in [2.75, 3.05) is 10.6 Å². The average molecular weight is 448 g/mol. The number of aromatic nitrogens is 3. The Hall–Kier alpha value is -4.52. The number of carbonyl (C=O) groups is 1. The van der Waals surface area contributed by atoms with Crippen LogP contribution in [0.3, 0.4) is 0 Å². The van der Waals surface area contributed by atoms with Gasteiger partial charge in [0.2, 0.25) is 11.8 Å². The second-order valence-corrected chi connectivity index (χ2v) is 7.14. The first-order valence-corrected chi connectivity index (χ1v) is 9.96. The van der Waals surface area contributed by atoms with Crippen molar-refractivity contribution in [2.24, 2.45) is 0 Å². The molecule has 0 fully saturated rings. The number of halogens is 2. The summed E-state index contributed by atoms with van der Waals surface area (Å²) in [6.45, 7) is 3.42. The van der Waals surface area contributed by atoms with Crippen LogP contribution >= 0.6 is 0 Å². The largest absolute Gasteiger partial charge is 0.434 e. The van der Waals surface area contributed by atoms with Gasteiger partial charge in [0, 0.05) is 34.9 Å². The molecule has 166 valence electrons. The normalized spacial score (nSPS) is 10.6. The maximum absolute atomic E-state index is 14.9. The number of anilines is 3. The Labute approximate surface area is 187 Å². The van der Waals surface area contributed by atoms with E-state index in [-0.39, 0.29) is 34.1 Å². The minimum absolute atomic E-state index is 0.0259. The van der Waals surface area contributed by atoms with Gasteiger partial charge in [0.05, 0.1) is 5.52 Å². The summed E-state index contributed by atoms with van der Waals surface area (Å²) in [5.74, 6) is -2.19. The predicted octanol–water partition coefficient (Wildman–Crippen LogP) is 5.30. The molecule has 4 rings (SSSR count). The van der Waals surface area contributed by atoms with E-state index in [1.165, 1.54) is 6.07 Å². The van der Waals surface area contributed by atoms with Crippen LogP contribution in [-0.2, 0) is 4.79 Å². The van der Waals surface area contributed by atoms with Crippen molar-refractivity contribution in [3.63, 3.8) is 0 Å². The number of hydrogen-bond acceptors (Lipinski definition) is 6. The van der Waals surface area contributed by atoms with Crippen LogP contribution in [0, 0.1) is 29.9 Å². The van der Waals surface area contributed by atoms with E-state index in [9.17, 15) is 18.8 Å². The molecule has 3 N–H and O–H groups in total. The number of aryl methyl sites for hydroxylation is 1. The molecule has 2 heterocycles. The Balaban J connectivity index is 1.66. The van der Waals surface area contributed by atoms with E-state index >= 15 is 0 Å². The predicted molar refractivity (Wildman–Crippen MR) is 118 cm³/mol. The summed E-state index contributed by atoms with van der Waals surface area (Å²) in [5, 5.41) is 15.4. The van der Waals surface area contributed by atoms with E-state index in [1.54, 1.807) is 38.1 Å². The highest BCUT2D eigenvalue weighted by molar-refractivity contribution is 5.91. The van der Waals surface area contributed by atoms with Gasteiger partial charge < -0.3 is 20.4 Å². The maximum Gasteiger partial charge on any atom is 0.242 e. The third-order valence-electron chi connectivity index (χ3n) is 4.76. The highest BCUT2D eigenvalue weighted by atomic mass is 19.1. The molecule has 8 nitrogen and oxygen atoms in total. The topological polar surface area (TPSA) is 116 Å². The van der Waals surface area contributed by atoms with Crippen molar-refractivity contribution < 1.29 is 18.3 Å². The molecule has 0 aliphatic carbocycles. The van der Waals surface area contributed by atoms with Gasteiger partial charge in [0.1, 0.15) is 12.4 Å². The van der Waals surface area contributed by atoms with Gasteiger partial charge in [-0.3, -0.25) is 4.79 Å². The summed E-state index contributed by atoms with van der Waals surface area (Å²) >= 11 is 0. The maximum atomic E-state index is 14.9. The number of aromatic amines is 1. The first-order chi connectivity index (χ1) is 15.9. The van der Waals surface area contributed by atoms with Crippen LogP contribution in [0.1, 0.15) is 24.6 Å². The molecule has 0 saturated carbocycles. The summed E-state index contributed by atoms with van der Waals surface area (Å²) in [6, 6.07) is 11.1. The monoisotopic (exact) mass is 448 g/mol. The summed E-state index contributed by atoms with van der Waals surface area (Å²) in [7, 11) is 0. The molecule has 33 heavy (non-hydrogen) atoms. The smallest absolute Gasteiger partial charge is 0.242 e. The molecule has 2 aromatic carbocycles. The molecule has 0 aliphatic heterocycles. The Morgan fingerprint density at radius 3 is 2.76 bits per heavy atom. The second kappa shape index (κ2) is 8.92. The van der Waals surface area contributed by atoms with Crippen molar-refractivity contribution in [1.82, 2.24) is 15.0 Å². The number of carbonyl (C=O) groups excluding carboxylic acids is 1. The van der Waals surface area contributed by atoms with Crippen LogP contribution in [0.15, 0.2) is 42.7 Å². The van der Waals surface area contributed by atoms with E-state index in [4.69, 9.17) is 4.74 Å². The highest BCUT2D eigenvalue weighted by Gasteiger charge is 2.20. The Bertz CT molecular complexity index is 1410. The molecular formula is C23H18F2N6O2. The van der Waals surface area contributed by atoms with Crippen molar-refractivity contribution in [2.45, 2.75) is 20.3 Å². The Kier molecular flexibility index (Phi) is 5.87. The fourth-order valence-corrected chi connectivity index (χ4v) is 3.22. The number of hydrogen-bond donors (Lipinski definition) is 3.